The van der Waals surface area contributed by atoms with E-state index in [2.05, 4.69) is 40.7 Å². The molecule has 0 fully saturated rings. The van der Waals surface area contributed by atoms with E-state index in [9.17, 15) is 5.11 Å². The molecule has 142 valence electrons. The molecule has 0 saturated heterocycles. The lowest BCUT2D eigenvalue weighted by Crippen LogP contribution is -2.41. The summed E-state index contributed by atoms with van der Waals surface area (Å²) in [6.07, 6.45) is 1.05. The highest BCUT2D eigenvalue weighted by molar-refractivity contribution is 8.13. The first-order valence-electron chi connectivity index (χ1n) is 9.13. The number of thioether (sulfide) groups is 1. The van der Waals surface area contributed by atoms with Crippen LogP contribution in [0.5, 0.6) is 11.5 Å². The molecule has 2 aromatic rings. The second-order valence-corrected chi connectivity index (χ2v) is 8.01. The number of hydrogen-bond donors (Lipinski definition) is 1. The van der Waals surface area contributed by atoms with E-state index in [4.69, 9.17) is 9.47 Å². The molecule has 27 heavy (non-hydrogen) atoms. The van der Waals surface area contributed by atoms with E-state index < -0.39 is 5.72 Å². The molecule has 5 nitrogen and oxygen atoms in total. The zero-order valence-electron chi connectivity index (χ0n) is 15.9. The first kappa shape index (κ1) is 18.2. The molecule has 6 heteroatoms. The molecule has 2 aliphatic heterocycles. The van der Waals surface area contributed by atoms with Crippen molar-refractivity contribution in [3.8, 4) is 11.5 Å². The van der Waals surface area contributed by atoms with Crippen molar-refractivity contribution in [1.82, 2.24) is 0 Å². The maximum atomic E-state index is 11.8. The van der Waals surface area contributed by atoms with E-state index >= 15 is 0 Å². The zero-order chi connectivity index (χ0) is 19.0. The van der Waals surface area contributed by atoms with Crippen LogP contribution >= 0.6 is 11.8 Å². The predicted molar refractivity (Wildman–Crippen MR) is 109 cm³/mol. The Morgan fingerprint density at radius 1 is 1.07 bits per heavy atom. The average molecular weight is 386 g/mol. The molecule has 1 atom stereocenters. The van der Waals surface area contributed by atoms with Gasteiger partial charge in [0.25, 0.3) is 5.72 Å². The highest BCUT2D eigenvalue weighted by Gasteiger charge is 2.53. The van der Waals surface area contributed by atoms with Crippen LogP contribution in [0.4, 0.5) is 5.69 Å². The fourth-order valence-electron chi connectivity index (χ4n) is 3.76. The highest BCUT2D eigenvalue weighted by atomic mass is 32.2. The molecular weight excluding hydrogens is 360 g/mol. The van der Waals surface area contributed by atoms with Gasteiger partial charge in [0.2, 0.25) is 0 Å². The molecule has 0 saturated carbocycles. The Bertz CT molecular complexity index is 881. The lowest BCUT2D eigenvalue weighted by atomic mass is 10.0. The summed E-state index contributed by atoms with van der Waals surface area (Å²) >= 11 is 1.81. The zero-order valence-corrected chi connectivity index (χ0v) is 16.8. The van der Waals surface area contributed by atoms with Crippen LogP contribution in [-0.4, -0.2) is 47.9 Å². The van der Waals surface area contributed by atoms with Crippen molar-refractivity contribution in [3.05, 3.63) is 53.6 Å². The fraction of sp³-hybridized carbons (Fsp3) is 0.381. The minimum Gasteiger partial charge on any atom is -0.493 e. The quantitative estimate of drug-likeness (QED) is 0.819. The first-order chi connectivity index (χ1) is 13.1. The van der Waals surface area contributed by atoms with Gasteiger partial charge in [-0.05, 0) is 55.4 Å². The van der Waals surface area contributed by atoms with E-state index in [0.29, 0.717) is 18.0 Å². The number of nitrogens with zero attached hydrogens (tertiary/aromatic N) is 2. The summed E-state index contributed by atoms with van der Waals surface area (Å²) in [6, 6.07) is 14.1. The first-order valence-corrected chi connectivity index (χ1v) is 10.1. The highest BCUT2D eigenvalue weighted by Crippen LogP contribution is 2.40. The molecule has 0 amide bonds. The number of aliphatic hydroxyl groups is 1. The van der Waals surface area contributed by atoms with Crippen LogP contribution in [0.1, 0.15) is 17.5 Å². The molecule has 1 unspecified atom stereocenters. The Kier molecular flexibility index (Phi) is 4.78. The van der Waals surface area contributed by atoms with Gasteiger partial charge in [0, 0.05) is 11.3 Å². The van der Waals surface area contributed by atoms with Crippen molar-refractivity contribution in [2.24, 2.45) is 0 Å². The van der Waals surface area contributed by atoms with Crippen LogP contribution < -0.4 is 14.4 Å². The van der Waals surface area contributed by atoms with Crippen molar-refractivity contribution in [3.63, 3.8) is 0 Å². The van der Waals surface area contributed by atoms with Gasteiger partial charge in [0.05, 0.1) is 20.8 Å². The Hall–Kier alpha value is -2.18. The third-order valence-corrected chi connectivity index (χ3v) is 6.43. The molecule has 0 aliphatic carbocycles. The van der Waals surface area contributed by atoms with Gasteiger partial charge in [-0.15, -0.1) is 0 Å². The maximum Gasteiger partial charge on any atom is 0.316 e. The van der Waals surface area contributed by atoms with Crippen LogP contribution in [0.3, 0.4) is 0 Å². The summed E-state index contributed by atoms with van der Waals surface area (Å²) in [5.74, 6) is 2.36. The molecule has 0 spiro atoms. The summed E-state index contributed by atoms with van der Waals surface area (Å²) in [6.45, 7) is 3.39. The summed E-state index contributed by atoms with van der Waals surface area (Å²) in [7, 11) is 3.24. The summed E-state index contributed by atoms with van der Waals surface area (Å²) in [5, 5.41) is 12.9. The van der Waals surface area contributed by atoms with Crippen LogP contribution in [0.2, 0.25) is 0 Å². The van der Waals surface area contributed by atoms with Gasteiger partial charge in [0.1, 0.15) is 5.69 Å². The van der Waals surface area contributed by atoms with Gasteiger partial charge in [0.15, 0.2) is 18.0 Å². The maximum absolute atomic E-state index is 11.8. The lowest BCUT2D eigenvalue weighted by molar-refractivity contribution is -0.656. The standard InChI is InChI=1S/C21H25N2O3S/c1-15-5-8-17(9-6-15)22-14-21(24,23-11-4-12-27-20(22)23)16-7-10-18(25-2)19(13-16)26-3/h5-10,13,24H,4,11-12,14H2,1-3H3/q+1. The molecule has 0 bridgehead atoms. The van der Waals surface area contributed by atoms with Crippen molar-refractivity contribution in [2.45, 2.75) is 19.1 Å². The number of benzene rings is 2. The van der Waals surface area contributed by atoms with Crippen LogP contribution in [0, 0.1) is 6.92 Å². The van der Waals surface area contributed by atoms with Crippen LogP contribution in [0.25, 0.3) is 0 Å². The van der Waals surface area contributed by atoms with Gasteiger partial charge in [-0.1, -0.05) is 17.7 Å². The van der Waals surface area contributed by atoms with Gasteiger partial charge in [-0.3, -0.25) is 0 Å². The number of anilines is 1. The van der Waals surface area contributed by atoms with Gasteiger partial charge < -0.3 is 14.6 Å². The molecular formula is C21H25N2O3S+. The van der Waals surface area contributed by atoms with Crippen LogP contribution in [-0.2, 0) is 5.72 Å². The topological polar surface area (TPSA) is 44.9 Å². The normalized spacial score (nSPS) is 22.0. The SMILES string of the molecule is COc1ccc(C2(O)CN(c3ccc(C)cc3)C3=[N+]2CCCS3)cc1OC. The Morgan fingerprint density at radius 3 is 2.52 bits per heavy atom. The third-order valence-electron chi connectivity index (χ3n) is 5.24. The van der Waals surface area contributed by atoms with E-state index in [1.165, 1.54) is 5.56 Å². The summed E-state index contributed by atoms with van der Waals surface area (Å²) in [4.78, 5) is 2.22. The smallest absolute Gasteiger partial charge is 0.316 e. The van der Waals surface area contributed by atoms with Gasteiger partial charge in [-0.25, -0.2) is 9.48 Å². The predicted octanol–water partition coefficient (Wildman–Crippen LogP) is 3.18. The minimum absolute atomic E-state index is 0.480. The number of aryl methyl sites for hydroxylation is 1. The summed E-state index contributed by atoms with van der Waals surface area (Å²) < 4.78 is 12.9. The molecule has 4 rings (SSSR count). The van der Waals surface area contributed by atoms with E-state index in [1.54, 1.807) is 14.2 Å². The molecule has 0 aromatic heterocycles. The molecule has 2 aromatic carbocycles. The fourth-order valence-corrected chi connectivity index (χ4v) is 4.94. The number of β-amino-alcohol motifs (C(OH)–C–C–N with tert-alkyl or cyclic N) is 1. The van der Waals surface area contributed by atoms with Crippen molar-refractivity contribution < 1.29 is 19.2 Å². The Balaban J connectivity index is 1.78. The molecule has 0 radical (unpaired) electrons. The largest absolute Gasteiger partial charge is 0.493 e. The number of rotatable bonds is 4. The van der Waals surface area contributed by atoms with E-state index in [1.807, 2.05) is 30.0 Å². The average Bonchev–Trinajstić information content (AvgIpc) is 3.02. The second kappa shape index (κ2) is 7.09. The van der Waals surface area contributed by atoms with Crippen molar-refractivity contribution >= 4 is 22.6 Å². The number of methoxy groups -OCH3 is 2. The number of ether oxygens (including phenoxy) is 2. The number of amidine groups is 1. The Morgan fingerprint density at radius 2 is 1.81 bits per heavy atom. The molecule has 2 heterocycles. The van der Waals surface area contributed by atoms with Crippen LogP contribution in [0.15, 0.2) is 42.5 Å². The number of hydrogen-bond acceptors (Lipinski definition) is 5. The van der Waals surface area contributed by atoms with E-state index in [-0.39, 0.29) is 0 Å². The third kappa shape index (κ3) is 3.07. The summed E-state index contributed by atoms with van der Waals surface area (Å²) in [5.41, 5.74) is 2.04. The second-order valence-electron chi connectivity index (χ2n) is 6.94. The van der Waals surface area contributed by atoms with Gasteiger partial charge in [-0.2, -0.15) is 0 Å². The van der Waals surface area contributed by atoms with Gasteiger partial charge >= 0.3 is 5.17 Å². The minimum atomic E-state index is -1.10. The monoisotopic (exact) mass is 385 g/mol. The lowest BCUT2D eigenvalue weighted by Gasteiger charge is -2.25. The Labute approximate surface area is 164 Å². The van der Waals surface area contributed by atoms with Crippen molar-refractivity contribution in [2.75, 3.05) is 38.0 Å². The van der Waals surface area contributed by atoms with Crippen molar-refractivity contribution in [1.29, 1.82) is 0 Å². The molecule has 2 aliphatic rings. The van der Waals surface area contributed by atoms with E-state index in [0.717, 1.165) is 35.1 Å². The molecule has 1 N–H and O–H groups in total.